The highest BCUT2D eigenvalue weighted by Crippen LogP contribution is 2.16. The molecule has 1 N–H and O–H groups in total. The van der Waals surface area contributed by atoms with Crippen molar-refractivity contribution in [2.45, 2.75) is 12.6 Å². The Morgan fingerprint density at radius 1 is 1.27 bits per heavy atom. The summed E-state index contributed by atoms with van der Waals surface area (Å²) in [5.74, 6) is -0.0171. The number of nitrogens with one attached hydrogen (secondary N) is 1. The van der Waals surface area contributed by atoms with Gasteiger partial charge in [0.25, 0.3) is 0 Å². The number of nitrogens with zero attached hydrogens (tertiary/aromatic N) is 1. The van der Waals surface area contributed by atoms with Crippen molar-refractivity contribution in [3.05, 3.63) is 71.0 Å². The fraction of sp³-hybridized carbons (Fsp3) is 0.235. The summed E-state index contributed by atoms with van der Waals surface area (Å²) in [7, 11) is -0.939. The summed E-state index contributed by atoms with van der Waals surface area (Å²) >= 11 is 0. The van der Waals surface area contributed by atoms with Crippen LogP contribution in [0.25, 0.3) is 0 Å². The van der Waals surface area contributed by atoms with Crippen LogP contribution in [-0.2, 0) is 17.3 Å². The lowest BCUT2D eigenvalue weighted by atomic mass is 10.1. The number of benzene rings is 2. The zero-order valence-electron chi connectivity index (χ0n) is 12.3. The minimum absolute atomic E-state index is 0.0367. The maximum Gasteiger partial charge on any atom is 0.140 e. The lowest BCUT2D eigenvalue weighted by molar-refractivity contribution is 0.572. The van der Waals surface area contributed by atoms with E-state index in [-0.39, 0.29) is 11.6 Å². The van der Waals surface area contributed by atoms with E-state index in [0.29, 0.717) is 12.3 Å². The normalized spacial score (nSPS) is 13.3. The molecule has 0 aliphatic carbocycles. The van der Waals surface area contributed by atoms with Crippen LogP contribution in [0.1, 0.15) is 22.7 Å². The minimum atomic E-state index is -0.939. The Balaban J connectivity index is 2.12. The predicted molar refractivity (Wildman–Crippen MR) is 86.1 cm³/mol. The third kappa shape index (κ3) is 4.48. The number of halogens is 1. The van der Waals surface area contributed by atoms with Gasteiger partial charge in [-0.15, -0.1) is 0 Å². The van der Waals surface area contributed by atoms with Crippen molar-refractivity contribution in [1.82, 2.24) is 5.32 Å². The van der Waals surface area contributed by atoms with E-state index >= 15 is 0 Å². The highest BCUT2D eigenvalue weighted by atomic mass is 32.2. The van der Waals surface area contributed by atoms with Gasteiger partial charge in [0.05, 0.1) is 5.56 Å². The van der Waals surface area contributed by atoms with Crippen molar-refractivity contribution >= 4 is 10.8 Å². The number of rotatable bonds is 6. The standard InChI is InChI=1S/C17H17FN2OS/c1-22(21)12-17(14-5-3-2-4-6-14)20-11-13-7-8-16(18)15(9-13)10-19/h2-9,17,20H,11-12H2,1H3/t17-,22+/m1/s1. The topological polar surface area (TPSA) is 52.9 Å². The largest absolute Gasteiger partial charge is 0.305 e. The maximum atomic E-state index is 13.3. The molecule has 0 aromatic heterocycles. The van der Waals surface area contributed by atoms with Crippen molar-refractivity contribution < 1.29 is 8.60 Å². The van der Waals surface area contributed by atoms with Crippen LogP contribution in [0.2, 0.25) is 0 Å². The van der Waals surface area contributed by atoms with E-state index in [9.17, 15) is 8.60 Å². The molecule has 5 heteroatoms. The molecule has 0 saturated heterocycles. The smallest absolute Gasteiger partial charge is 0.140 e. The molecule has 2 atom stereocenters. The Bertz CT molecular complexity index is 698. The van der Waals surface area contributed by atoms with Gasteiger partial charge in [-0.3, -0.25) is 4.21 Å². The van der Waals surface area contributed by atoms with Crippen LogP contribution in [0, 0.1) is 17.1 Å². The van der Waals surface area contributed by atoms with Crippen LogP contribution >= 0.6 is 0 Å². The highest BCUT2D eigenvalue weighted by molar-refractivity contribution is 7.84. The van der Waals surface area contributed by atoms with Gasteiger partial charge in [0.1, 0.15) is 11.9 Å². The molecule has 0 spiro atoms. The van der Waals surface area contributed by atoms with Crippen LogP contribution < -0.4 is 5.32 Å². The quantitative estimate of drug-likeness (QED) is 0.891. The van der Waals surface area contributed by atoms with Gasteiger partial charge in [0, 0.05) is 35.4 Å². The van der Waals surface area contributed by atoms with E-state index in [4.69, 9.17) is 5.26 Å². The van der Waals surface area contributed by atoms with Gasteiger partial charge in [-0.2, -0.15) is 5.26 Å². The fourth-order valence-electron chi connectivity index (χ4n) is 2.20. The van der Waals surface area contributed by atoms with Gasteiger partial charge in [-0.1, -0.05) is 36.4 Å². The summed E-state index contributed by atoms with van der Waals surface area (Å²) in [4.78, 5) is 0. The molecule has 0 amide bonds. The second-order valence-corrected chi connectivity index (χ2v) is 6.49. The number of hydrogen-bond donors (Lipinski definition) is 1. The SMILES string of the molecule is C[S@](=O)C[C@@H](NCc1ccc(F)c(C#N)c1)c1ccccc1. The van der Waals surface area contributed by atoms with Crippen LogP contribution in [-0.4, -0.2) is 16.2 Å². The maximum absolute atomic E-state index is 13.3. The molecule has 0 aliphatic rings. The van der Waals surface area contributed by atoms with Crippen LogP contribution in [0.4, 0.5) is 4.39 Å². The predicted octanol–water partition coefficient (Wildman–Crippen LogP) is 2.91. The van der Waals surface area contributed by atoms with E-state index in [1.54, 1.807) is 12.3 Å². The molecule has 114 valence electrons. The van der Waals surface area contributed by atoms with Crippen LogP contribution in [0.5, 0.6) is 0 Å². The van der Waals surface area contributed by atoms with E-state index in [2.05, 4.69) is 5.32 Å². The average molecular weight is 316 g/mol. The summed E-state index contributed by atoms with van der Waals surface area (Å²) in [6, 6.07) is 16.0. The first-order valence-corrected chi connectivity index (χ1v) is 8.59. The zero-order valence-corrected chi connectivity index (χ0v) is 13.1. The number of hydrogen-bond acceptors (Lipinski definition) is 3. The molecule has 0 aliphatic heterocycles. The fourth-order valence-corrected chi connectivity index (χ4v) is 2.98. The lowest BCUT2D eigenvalue weighted by Gasteiger charge is -2.18. The Kier molecular flexibility index (Phi) is 5.82. The van der Waals surface area contributed by atoms with Gasteiger partial charge in [0.2, 0.25) is 0 Å². The molecule has 0 radical (unpaired) electrons. The molecule has 22 heavy (non-hydrogen) atoms. The van der Waals surface area contributed by atoms with Crippen molar-refractivity contribution in [1.29, 1.82) is 5.26 Å². The van der Waals surface area contributed by atoms with Gasteiger partial charge < -0.3 is 5.32 Å². The molecule has 0 bridgehead atoms. The summed E-state index contributed by atoms with van der Waals surface area (Å²) in [5.41, 5.74) is 1.91. The summed E-state index contributed by atoms with van der Waals surface area (Å²) < 4.78 is 24.9. The van der Waals surface area contributed by atoms with E-state index in [1.165, 1.54) is 12.1 Å². The van der Waals surface area contributed by atoms with Crippen molar-refractivity contribution in [3.8, 4) is 6.07 Å². The molecule has 0 fully saturated rings. The molecule has 2 rings (SSSR count). The molecule has 0 heterocycles. The molecule has 2 aromatic carbocycles. The van der Waals surface area contributed by atoms with E-state index in [0.717, 1.165) is 11.1 Å². The Morgan fingerprint density at radius 2 is 2.00 bits per heavy atom. The average Bonchev–Trinajstić information content (AvgIpc) is 2.53. The van der Waals surface area contributed by atoms with Crippen molar-refractivity contribution in [3.63, 3.8) is 0 Å². The molecule has 2 aromatic rings. The molecule has 3 nitrogen and oxygen atoms in total. The van der Waals surface area contributed by atoms with Gasteiger partial charge in [-0.25, -0.2) is 4.39 Å². The van der Waals surface area contributed by atoms with Crippen molar-refractivity contribution in [2.24, 2.45) is 0 Å². The monoisotopic (exact) mass is 316 g/mol. The van der Waals surface area contributed by atoms with Crippen LogP contribution in [0.3, 0.4) is 0 Å². The third-order valence-electron chi connectivity index (χ3n) is 3.31. The first-order chi connectivity index (χ1) is 10.6. The van der Waals surface area contributed by atoms with Gasteiger partial charge >= 0.3 is 0 Å². The minimum Gasteiger partial charge on any atom is -0.305 e. The third-order valence-corrected chi connectivity index (χ3v) is 4.11. The lowest BCUT2D eigenvalue weighted by Crippen LogP contribution is -2.25. The molecular weight excluding hydrogens is 299 g/mol. The Hall–Kier alpha value is -2.03. The zero-order chi connectivity index (χ0) is 15.9. The number of nitriles is 1. The van der Waals surface area contributed by atoms with Crippen molar-refractivity contribution in [2.75, 3.05) is 12.0 Å². The van der Waals surface area contributed by atoms with E-state index < -0.39 is 16.6 Å². The second-order valence-electron chi connectivity index (χ2n) is 5.01. The molecule has 0 saturated carbocycles. The van der Waals surface area contributed by atoms with Gasteiger partial charge in [0.15, 0.2) is 0 Å². The van der Waals surface area contributed by atoms with Gasteiger partial charge in [-0.05, 0) is 23.3 Å². The second kappa shape index (κ2) is 7.83. The summed E-state index contributed by atoms with van der Waals surface area (Å²) in [6.45, 7) is 0.478. The summed E-state index contributed by atoms with van der Waals surface area (Å²) in [5, 5.41) is 12.2. The first kappa shape index (κ1) is 16.3. The first-order valence-electron chi connectivity index (χ1n) is 6.87. The Morgan fingerprint density at radius 3 is 2.64 bits per heavy atom. The highest BCUT2D eigenvalue weighted by Gasteiger charge is 2.13. The van der Waals surface area contributed by atoms with Crippen LogP contribution in [0.15, 0.2) is 48.5 Å². The molecule has 0 unspecified atom stereocenters. The molecular formula is C17H17FN2OS. The summed E-state index contributed by atoms with van der Waals surface area (Å²) in [6.07, 6.45) is 1.67. The van der Waals surface area contributed by atoms with E-state index in [1.807, 2.05) is 36.4 Å². The Labute approximate surface area is 132 Å².